The molecule has 0 aliphatic heterocycles. The van der Waals surface area contributed by atoms with Gasteiger partial charge in [0.05, 0.1) is 16.9 Å². The molecule has 6 heteroatoms. The van der Waals surface area contributed by atoms with Crippen LogP contribution in [0, 0.1) is 0 Å². The van der Waals surface area contributed by atoms with Crippen molar-refractivity contribution in [2.24, 2.45) is 0 Å². The third kappa shape index (κ3) is 3.50. The molecule has 1 aromatic carbocycles. The normalized spacial score (nSPS) is 10.7. The molecule has 0 atom stereocenters. The molecule has 0 spiro atoms. The highest BCUT2D eigenvalue weighted by Crippen LogP contribution is 2.25. The van der Waals surface area contributed by atoms with Gasteiger partial charge in [-0.05, 0) is 42.5 Å². The summed E-state index contributed by atoms with van der Waals surface area (Å²) >= 11 is 0. The molecule has 0 fully saturated rings. The van der Waals surface area contributed by atoms with Gasteiger partial charge in [-0.25, -0.2) is 4.98 Å². The van der Waals surface area contributed by atoms with Gasteiger partial charge < -0.3 is 15.2 Å². The maximum absolute atomic E-state index is 12.0. The van der Waals surface area contributed by atoms with Gasteiger partial charge >= 0.3 is 0 Å². The zero-order valence-electron chi connectivity index (χ0n) is 15.1. The summed E-state index contributed by atoms with van der Waals surface area (Å²) in [5.41, 5.74) is 4.35. The largest absolute Gasteiger partial charge is 0.353 e. The van der Waals surface area contributed by atoms with Crippen LogP contribution in [0.3, 0.4) is 0 Å². The van der Waals surface area contributed by atoms with Crippen molar-refractivity contribution in [2.75, 3.05) is 19.4 Å². The summed E-state index contributed by atoms with van der Waals surface area (Å²) in [5.74, 6) is 0.707. The number of nitrogens with zero attached hydrogens (tertiary/aromatic N) is 3. The second-order valence-electron chi connectivity index (χ2n) is 6.46. The van der Waals surface area contributed by atoms with Crippen LogP contribution in [0.25, 0.3) is 22.3 Å². The topological polar surface area (TPSA) is 73.9 Å². The van der Waals surface area contributed by atoms with Crippen LogP contribution in [-0.2, 0) is 0 Å². The van der Waals surface area contributed by atoms with Crippen LogP contribution >= 0.6 is 0 Å². The Bertz CT molecular complexity index is 1080. The van der Waals surface area contributed by atoms with Gasteiger partial charge in [-0.2, -0.15) is 0 Å². The first-order chi connectivity index (χ1) is 13.1. The van der Waals surface area contributed by atoms with Gasteiger partial charge in [-0.1, -0.05) is 6.07 Å². The van der Waals surface area contributed by atoms with E-state index < -0.39 is 0 Å². The fraction of sp³-hybridized carbons (Fsp3) is 0.0952. The van der Waals surface area contributed by atoms with E-state index in [9.17, 15) is 4.79 Å². The summed E-state index contributed by atoms with van der Waals surface area (Å²) in [5, 5.41) is 4.29. The lowest BCUT2D eigenvalue weighted by Crippen LogP contribution is -2.21. The predicted molar refractivity (Wildman–Crippen MR) is 107 cm³/mol. The summed E-state index contributed by atoms with van der Waals surface area (Å²) in [4.78, 5) is 25.7. The van der Waals surface area contributed by atoms with Crippen molar-refractivity contribution in [2.45, 2.75) is 0 Å². The molecule has 0 saturated carbocycles. The Labute approximate surface area is 156 Å². The number of aromatic amines is 1. The monoisotopic (exact) mass is 357 g/mol. The van der Waals surface area contributed by atoms with Gasteiger partial charge in [0.1, 0.15) is 5.82 Å². The molecule has 6 nitrogen and oxygen atoms in total. The number of anilines is 2. The Kier molecular flexibility index (Phi) is 4.30. The molecule has 134 valence electrons. The molecule has 3 aromatic heterocycles. The van der Waals surface area contributed by atoms with Crippen LogP contribution in [0.1, 0.15) is 10.4 Å². The molecule has 0 aliphatic rings. The maximum Gasteiger partial charge on any atom is 0.253 e. The number of fused-ring (bicyclic) bond motifs is 1. The highest BCUT2D eigenvalue weighted by atomic mass is 16.2. The number of H-pyrrole nitrogens is 1. The zero-order chi connectivity index (χ0) is 18.8. The van der Waals surface area contributed by atoms with Crippen molar-refractivity contribution < 1.29 is 4.79 Å². The van der Waals surface area contributed by atoms with Crippen LogP contribution in [0.15, 0.2) is 67.0 Å². The van der Waals surface area contributed by atoms with E-state index in [-0.39, 0.29) is 5.91 Å². The second kappa shape index (κ2) is 6.92. The molecule has 0 saturated heterocycles. The summed E-state index contributed by atoms with van der Waals surface area (Å²) in [6.07, 6.45) is 3.60. The lowest BCUT2D eigenvalue weighted by molar-refractivity contribution is 0.0827. The number of nitrogens with one attached hydrogen (secondary N) is 2. The number of pyridine rings is 2. The average Bonchev–Trinajstić information content (AvgIpc) is 3.12. The number of rotatable bonds is 4. The standard InChI is InChI=1S/C21H19N5O/c1-26(2)21(27)14-6-8-16(9-7-14)24-20-12-18-15(13-23-20)11-19(25-18)17-5-3-4-10-22-17/h3-13,25H,1-2H3,(H,23,24). The molecule has 27 heavy (non-hydrogen) atoms. The number of carbonyl (C=O) groups is 1. The van der Waals surface area contributed by atoms with Gasteiger partial charge in [0.2, 0.25) is 0 Å². The molecule has 1 amide bonds. The van der Waals surface area contributed by atoms with Crippen molar-refractivity contribution in [1.29, 1.82) is 0 Å². The third-order valence-corrected chi connectivity index (χ3v) is 4.26. The first-order valence-corrected chi connectivity index (χ1v) is 8.59. The molecule has 2 N–H and O–H groups in total. The minimum absolute atomic E-state index is 0.0190. The van der Waals surface area contributed by atoms with Crippen LogP contribution < -0.4 is 5.32 Å². The number of aromatic nitrogens is 3. The van der Waals surface area contributed by atoms with E-state index in [4.69, 9.17) is 0 Å². The first kappa shape index (κ1) is 16.8. The molecule has 0 bridgehead atoms. The van der Waals surface area contributed by atoms with Gasteiger partial charge in [-0.15, -0.1) is 0 Å². The maximum atomic E-state index is 12.0. The fourth-order valence-corrected chi connectivity index (χ4v) is 2.86. The summed E-state index contributed by atoms with van der Waals surface area (Å²) in [6.45, 7) is 0. The summed E-state index contributed by atoms with van der Waals surface area (Å²) in [6, 6.07) is 17.2. The Morgan fingerprint density at radius 1 is 1.04 bits per heavy atom. The van der Waals surface area contributed by atoms with Gasteiger partial charge in [-0.3, -0.25) is 9.78 Å². The quantitative estimate of drug-likeness (QED) is 0.577. The molecule has 0 aliphatic carbocycles. The number of amides is 1. The number of hydrogen-bond donors (Lipinski definition) is 2. The molecular weight excluding hydrogens is 338 g/mol. The first-order valence-electron chi connectivity index (χ1n) is 8.59. The minimum Gasteiger partial charge on any atom is -0.353 e. The summed E-state index contributed by atoms with van der Waals surface area (Å²) in [7, 11) is 3.48. The zero-order valence-corrected chi connectivity index (χ0v) is 15.1. The number of hydrogen-bond acceptors (Lipinski definition) is 4. The Hall–Kier alpha value is -3.67. The van der Waals surface area contributed by atoms with E-state index in [1.165, 1.54) is 0 Å². The van der Waals surface area contributed by atoms with E-state index in [0.29, 0.717) is 5.56 Å². The van der Waals surface area contributed by atoms with Gasteiger partial charge in [0, 0.05) is 49.2 Å². The van der Waals surface area contributed by atoms with Crippen LogP contribution in [0.5, 0.6) is 0 Å². The van der Waals surface area contributed by atoms with E-state index in [2.05, 4.69) is 20.3 Å². The number of carbonyl (C=O) groups excluding carboxylic acids is 1. The molecule has 0 radical (unpaired) electrons. The van der Waals surface area contributed by atoms with Crippen molar-refractivity contribution in [3.8, 4) is 11.4 Å². The summed E-state index contributed by atoms with van der Waals surface area (Å²) < 4.78 is 0. The lowest BCUT2D eigenvalue weighted by atomic mass is 10.2. The molecular formula is C21H19N5O. The highest BCUT2D eigenvalue weighted by molar-refractivity contribution is 5.94. The van der Waals surface area contributed by atoms with Crippen molar-refractivity contribution in [1.82, 2.24) is 19.9 Å². The van der Waals surface area contributed by atoms with Crippen molar-refractivity contribution in [3.63, 3.8) is 0 Å². The van der Waals surface area contributed by atoms with Crippen molar-refractivity contribution in [3.05, 3.63) is 72.6 Å². The van der Waals surface area contributed by atoms with Crippen molar-refractivity contribution >= 4 is 28.3 Å². The predicted octanol–water partition coefficient (Wildman–Crippen LogP) is 4.07. The highest BCUT2D eigenvalue weighted by Gasteiger charge is 2.08. The van der Waals surface area contributed by atoms with E-state index in [1.807, 2.05) is 48.7 Å². The fourth-order valence-electron chi connectivity index (χ4n) is 2.86. The van der Waals surface area contributed by atoms with Gasteiger partial charge in [0.15, 0.2) is 0 Å². The Balaban J connectivity index is 1.56. The van der Waals surface area contributed by atoms with E-state index in [0.717, 1.165) is 33.8 Å². The lowest BCUT2D eigenvalue weighted by Gasteiger charge is -2.11. The molecule has 0 unspecified atom stereocenters. The molecule has 4 rings (SSSR count). The minimum atomic E-state index is -0.0190. The van der Waals surface area contributed by atoms with Gasteiger partial charge in [0.25, 0.3) is 5.91 Å². The smallest absolute Gasteiger partial charge is 0.253 e. The third-order valence-electron chi connectivity index (χ3n) is 4.26. The SMILES string of the molecule is CN(C)C(=O)c1ccc(Nc2cc3[nH]c(-c4ccccn4)cc3cn2)cc1. The van der Waals surface area contributed by atoms with Crippen LogP contribution in [-0.4, -0.2) is 39.9 Å². The molecule has 3 heterocycles. The number of benzene rings is 1. The van der Waals surface area contributed by atoms with E-state index >= 15 is 0 Å². The average molecular weight is 357 g/mol. The Morgan fingerprint density at radius 2 is 1.85 bits per heavy atom. The van der Waals surface area contributed by atoms with Crippen LogP contribution in [0.2, 0.25) is 0 Å². The van der Waals surface area contributed by atoms with Crippen LogP contribution in [0.4, 0.5) is 11.5 Å². The Morgan fingerprint density at radius 3 is 2.56 bits per heavy atom. The molecule has 4 aromatic rings. The second-order valence-corrected chi connectivity index (χ2v) is 6.46. The van der Waals surface area contributed by atoms with E-state index in [1.54, 1.807) is 37.3 Å².